The van der Waals surface area contributed by atoms with Gasteiger partial charge in [0.2, 0.25) is 0 Å². The Morgan fingerprint density at radius 1 is 0.792 bits per heavy atom. The topological polar surface area (TPSA) is 126 Å². The Labute approximate surface area is 301 Å². The molecule has 2 aliphatic rings. The fraction of sp³-hybridized carbons (Fsp3) is 0.444. The van der Waals surface area contributed by atoms with Crippen LogP contribution in [0.15, 0.2) is 48.5 Å². The predicted molar refractivity (Wildman–Crippen MR) is 180 cm³/mol. The third-order valence-electron chi connectivity index (χ3n) is 9.42. The van der Waals surface area contributed by atoms with Crippen LogP contribution in [-0.4, -0.2) is 90.8 Å². The number of alkyl halides is 6. The number of aryl methyl sites for hydroxylation is 2. The van der Waals surface area contributed by atoms with E-state index in [2.05, 4.69) is 15.1 Å². The minimum Gasteiger partial charge on any atom is -0.478 e. The summed E-state index contributed by atoms with van der Waals surface area (Å²) in [4.78, 5) is 28.8. The number of aromatic nitrogens is 4. The second-order valence-corrected chi connectivity index (χ2v) is 12.9. The van der Waals surface area contributed by atoms with E-state index >= 15 is 0 Å². The van der Waals surface area contributed by atoms with Gasteiger partial charge in [0, 0.05) is 26.2 Å². The molecule has 0 atom stereocenters. The maximum absolute atomic E-state index is 13.3. The van der Waals surface area contributed by atoms with Crippen LogP contribution < -0.4 is 0 Å². The van der Waals surface area contributed by atoms with E-state index in [0.717, 1.165) is 54.9 Å². The number of hydrogen-bond donors (Lipinski definition) is 2. The van der Waals surface area contributed by atoms with Crippen LogP contribution in [0.4, 0.5) is 26.3 Å². The van der Waals surface area contributed by atoms with E-state index in [0.29, 0.717) is 24.8 Å². The van der Waals surface area contributed by atoms with E-state index in [-0.39, 0.29) is 52.1 Å². The average Bonchev–Trinajstić information content (AvgIpc) is 3.86. The zero-order valence-corrected chi connectivity index (χ0v) is 29.3. The normalized spacial score (nSPS) is 15.8. The molecule has 2 fully saturated rings. The standard InChI is InChI=1S/C22H27F3N4O2.C14H13F3N2O3/c1-15-20(21(31)28-11-7-17(8-12-28)27-9-2-3-10-27)19(14-30)29(26-15)18-6-4-5-16(13-18)22(23,24)25;1-8-12(13(20)21)11(7-22-2)19(18-8)10-5-3-4-9(6-10)14(15,16)17/h4-6,13,17,30H,2-3,7-12,14H2,1H3;3-6H,7H2,1-2H3,(H,20,21). The zero-order chi connectivity index (χ0) is 38.7. The first-order valence-electron chi connectivity index (χ1n) is 16.9. The Morgan fingerprint density at radius 3 is 1.74 bits per heavy atom. The summed E-state index contributed by atoms with van der Waals surface area (Å²) in [5.74, 6) is -1.43. The minimum atomic E-state index is -4.49. The molecule has 4 heterocycles. The number of amides is 1. The van der Waals surface area contributed by atoms with Crippen molar-refractivity contribution in [2.75, 3.05) is 33.3 Å². The van der Waals surface area contributed by atoms with Gasteiger partial charge in [0.1, 0.15) is 5.56 Å². The van der Waals surface area contributed by atoms with Crippen molar-refractivity contribution >= 4 is 11.9 Å². The van der Waals surface area contributed by atoms with Crippen LogP contribution >= 0.6 is 0 Å². The highest BCUT2D eigenvalue weighted by molar-refractivity contribution is 5.96. The molecule has 2 aromatic carbocycles. The van der Waals surface area contributed by atoms with Crippen molar-refractivity contribution in [3.63, 3.8) is 0 Å². The van der Waals surface area contributed by atoms with Crippen LogP contribution in [0, 0.1) is 13.8 Å². The van der Waals surface area contributed by atoms with Gasteiger partial charge in [0.25, 0.3) is 5.91 Å². The summed E-state index contributed by atoms with van der Waals surface area (Å²) >= 11 is 0. The van der Waals surface area contributed by atoms with E-state index in [9.17, 15) is 46.1 Å². The van der Waals surface area contributed by atoms with Crippen LogP contribution in [-0.2, 0) is 30.3 Å². The number of halogens is 6. The van der Waals surface area contributed by atoms with Crippen LogP contribution in [0.25, 0.3) is 11.4 Å². The Morgan fingerprint density at radius 2 is 1.28 bits per heavy atom. The first-order valence-corrected chi connectivity index (χ1v) is 16.9. The lowest BCUT2D eigenvalue weighted by Gasteiger charge is -2.36. The molecule has 0 radical (unpaired) electrons. The van der Waals surface area contributed by atoms with Gasteiger partial charge in [0.05, 0.1) is 64.1 Å². The molecule has 53 heavy (non-hydrogen) atoms. The predicted octanol–water partition coefficient (Wildman–Crippen LogP) is 6.44. The van der Waals surface area contributed by atoms with Gasteiger partial charge in [-0.15, -0.1) is 0 Å². The number of piperidine rings is 1. The highest BCUT2D eigenvalue weighted by atomic mass is 19.4. The summed E-state index contributed by atoms with van der Waals surface area (Å²) in [6.45, 7) is 6.03. The molecule has 0 bridgehead atoms. The van der Waals surface area contributed by atoms with E-state index in [1.54, 1.807) is 11.8 Å². The second-order valence-electron chi connectivity index (χ2n) is 12.9. The Balaban J connectivity index is 0.000000217. The first-order chi connectivity index (χ1) is 25.0. The van der Waals surface area contributed by atoms with Crippen molar-refractivity contribution in [2.45, 2.75) is 71.1 Å². The number of methoxy groups -OCH3 is 1. The molecule has 17 heteroatoms. The van der Waals surface area contributed by atoms with Gasteiger partial charge in [-0.1, -0.05) is 12.1 Å². The molecule has 11 nitrogen and oxygen atoms in total. The highest BCUT2D eigenvalue weighted by Crippen LogP contribution is 2.33. The number of nitrogens with zero attached hydrogens (tertiary/aromatic N) is 6. The number of carboxylic acid groups (broad SMARTS) is 1. The van der Waals surface area contributed by atoms with Crippen molar-refractivity contribution in [2.24, 2.45) is 0 Å². The fourth-order valence-electron chi connectivity index (χ4n) is 6.88. The van der Waals surface area contributed by atoms with Gasteiger partial charge < -0.3 is 24.7 Å². The van der Waals surface area contributed by atoms with Gasteiger partial charge in [-0.25, -0.2) is 14.2 Å². The van der Waals surface area contributed by atoms with Gasteiger partial charge >= 0.3 is 18.3 Å². The molecule has 0 spiro atoms. The summed E-state index contributed by atoms with van der Waals surface area (Å²) in [5, 5.41) is 27.5. The van der Waals surface area contributed by atoms with Crippen LogP contribution in [0.5, 0.6) is 0 Å². The molecule has 0 saturated carbocycles. The van der Waals surface area contributed by atoms with Gasteiger partial charge in [-0.2, -0.15) is 36.5 Å². The van der Waals surface area contributed by atoms with E-state index in [1.807, 2.05) is 0 Å². The van der Waals surface area contributed by atoms with Crippen molar-refractivity contribution < 1.29 is 50.9 Å². The summed E-state index contributed by atoms with van der Waals surface area (Å²) in [6.07, 6.45) is -4.72. The molecule has 1 amide bonds. The van der Waals surface area contributed by atoms with E-state index < -0.39 is 36.1 Å². The number of aliphatic hydroxyl groups excluding tert-OH is 1. The lowest BCUT2D eigenvalue weighted by atomic mass is 10.0. The van der Waals surface area contributed by atoms with Crippen molar-refractivity contribution in [3.05, 3.63) is 93.6 Å². The number of carboxylic acids is 1. The number of benzene rings is 2. The monoisotopic (exact) mass is 750 g/mol. The molecule has 6 rings (SSSR count). The molecule has 2 aromatic heterocycles. The smallest absolute Gasteiger partial charge is 0.416 e. The van der Waals surface area contributed by atoms with Crippen LogP contribution in [0.1, 0.15) is 80.3 Å². The maximum atomic E-state index is 13.3. The van der Waals surface area contributed by atoms with Gasteiger partial charge in [-0.3, -0.25) is 4.79 Å². The maximum Gasteiger partial charge on any atom is 0.416 e. The number of aromatic carboxylic acids is 1. The second kappa shape index (κ2) is 16.1. The molecule has 2 N–H and O–H groups in total. The molecule has 2 aliphatic heterocycles. The van der Waals surface area contributed by atoms with Crippen molar-refractivity contribution in [1.82, 2.24) is 29.4 Å². The summed E-state index contributed by atoms with van der Waals surface area (Å²) in [6, 6.07) is 9.75. The number of carbonyl (C=O) groups excluding carboxylic acids is 1. The minimum absolute atomic E-state index is 0.0701. The van der Waals surface area contributed by atoms with Crippen LogP contribution in [0.3, 0.4) is 0 Å². The number of aliphatic hydroxyl groups is 1. The highest BCUT2D eigenvalue weighted by Gasteiger charge is 2.34. The SMILES string of the molecule is COCc1c(C(=O)O)c(C)nn1-c1cccc(C(F)(F)F)c1.Cc1nn(-c2cccc(C(F)(F)F)c2)c(CO)c1C(=O)N1CCC(N2CCCC2)CC1. The lowest BCUT2D eigenvalue weighted by Crippen LogP contribution is -2.46. The summed E-state index contributed by atoms with van der Waals surface area (Å²) in [7, 11) is 1.37. The Bertz CT molecular complexity index is 1920. The summed E-state index contributed by atoms with van der Waals surface area (Å²) < 4.78 is 85.1. The number of likely N-dealkylation sites (tertiary alicyclic amines) is 2. The van der Waals surface area contributed by atoms with E-state index in [1.165, 1.54) is 55.8 Å². The van der Waals surface area contributed by atoms with Crippen LogP contribution in [0.2, 0.25) is 0 Å². The average molecular weight is 751 g/mol. The number of rotatable bonds is 8. The number of ether oxygens (including phenoxy) is 1. The molecule has 286 valence electrons. The van der Waals surface area contributed by atoms with E-state index in [4.69, 9.17) is 4.74 Å². The fourth-order valence-corrected chi connectivity index (χ4v) is 6.88. The number of hydrogen-bond acceptors (Lipinski definition) is 7. The Kier molecular flexibility index (Phi) is 12.0. The molecule has 2 saturated heterocycles. The molecule has 0 aliphatic carbocycles. The molecular formula is C36H40F6N6O5. The summed E-state index contributed by atoms with van der Waals surface area (Å²) in [5.41, 5.74) is -0.150. The molecular weight excluding hydrogens is 710 g/mol. The zero-order valence-electron chi connectivity index (χ0n) is 29.3. The molecule has 0 unspecified atom stereocenters. The van der Waals surface area contributed by atoms with Gasteiger partial charge in [-0.05, 0) is 89.0 Å². The first kappa shape index (κ1) is 39.5. The van der Waals surface area contributed by atoms with Crippen molar-refractivity contribution in [3.8, 4) is 11.4 Å². The number of carbonyl (C=O) groups is 2. The molecule has 4 aromatic rings. The lowest BCUT2D eigenvalue weighted by molar-refractivity contribution is -0.138. The third kappa shape index (κ3) is 8.74. The third-order valence-corrected chi connectivity index (χ3v) is 9.42. The van der Waals surface area contributed by atoms with Gasteiger partial charge in [0.15, 0.2) is 0 Å². The quantitative estimate of drug-likeness (QED) is 0.197. The Hall–Kier alpha value is -4.74. The van der Waals surface area contributed by atoms with Crippen molar-refractivity contribution in [1.29, 1.82) is 0 Å². The largest absolute Gasteiger partial charge is 0.478 e.